The zero-order valence-electron chi connectivity index (χ0n) is 19.6. The number of carboxylic acid groups (broad SMARTS) is 2. The van der Waals surface area contributed by atoms with E-state index in [4.69, 9.17) is 0 Å². The number of nitrogens with zero attached hydrogens (tertiary/aromatic N) is 2. The molecule has 9 nitrogen and oxygen atoms in total. The minimum absolute atomic E-state index is 0.149. The molecule has 1 aliphatic heterocycles. The third-order valence-electron chi connectivity index (χ3n) is 6.08. The van der Waals surface area contributed by atoms with E-state index in [9.17, 15) is 34.5 Å². The number of aromatic hydroxyl groups is 1. The van der Waals surface area contributed by atoms with E-state index < -0.39 is 40.9 Å². The first-order valence-electron chi connectivity index (χ1n) is 10.9. The van der Waals surface area contributed by atoms with Gasteiger partial charge in [0.25, 0.3) is 5.91 Å². The number of aliphatic carboxylic acids is 1. The second kappa shape index (κ2) is 9.10. The van der Waals surface area contributed by atoms with Gasteiger partial charge in [-0.15, -0.1) is 0 Å². The Labute approximate surface area is 206 Å². The number of anilines is 1. The number of aromatic carboxylic acids is 1. The first kappa shape index (κ1) is 24.3. The van der Waals surface area contributed by atoms with Gasteiger partial charge in [0.1, 0.15) is 22.8 Å². The van der Waals surface area contributed by atoms with Gasteiger partial charge in [0, 0.05) is 0 Å². The highest BCUT2D eigenvalue weighted by Gasteiger charge is 2.39. The number of amides is 1. The van der Waals surface area contributed by atoms with Crippen molar-refractivity contribution >= 4 is 40.6 Å². The minimum Gasteiger partial charge on any atom is -0.507 e. The van der Waals surface area contributed by atoms with Crippen LogP contribution in [0.1, 0.15) is 35.3 Å². The summed E-state index contributed by atoms with van der Waals surface area (Å²) >= 11 is 0. The summed E-state index contributed by atoms with van der Waals surface area (Å²) in [6, 6.07) is 11.5. The molecule has 36 heavy (non-hydrogen) atoms. The van der Waals surface area contributed by atoms with Crippen LogP contribution in [0.15, 0.2) is 76.4 Å². The van der Waals surface area contributed by atoms with E-state index in [0.717, 1.165) is 0 Å². The molecule has 0 fully saturated rings. The van der Waals surface area contributed by atoms with Gasteiger partial charge in [-0.1, -0.05) is 18.2 Å². The molecule has 0 aromatic heterocycles. The number of rotatable bonds is 5. The van der Waals surface area contributed by atoms with Crippen LogP contribution >= 0.6 is 0 Å². The molecule has 1 heterocycles. The lowest BCUT2D eigenvalue weighted by atomic mass is 9.81. The lowest BCUT2D eigenvalue weighted by Gasteiger charge is -2.22. The maximum Gasteiger partial charge on any atom is 0.339 e. The summed E-state index contributed by atoms with van der Waals surface area (Å²) in [5.74, 6) is -5.31. The van der Waals surface area contributed by atoms with Crippen molar-refractivity contribution in [1.82, 2.24) is 0 Å². The lowest BCUT2D eigenvalue weighted by molar-refractivity contribution is -0.134. The number of hydrazone groups is 1. The number of allylic oxidation sites excluding steroid dienone is 4. The number of aryl methyl sites for hydroxylation is 1. The van der Waals surface area contributed by atoms with Gasteiger partial charge in [0.05, 0.1) is 11.4 Å². The van der Waals surface area contributed by atoms with E-state index in [2.05, 4.69) is 5.10 Å². The van der Waals surface area contributed by atoms with Crippen molar-refractivity contribution < 1.29 is 34.5 Å². The molecule has 9 heteroatoms. The number of hydrogen-bond donors (Lipinski definition) is 3. The van der Waals surface area contributed by atoms with Crippen LogP contribution in [0.3, 0.4) is 0 Å². The maximum atomic E-state index is 13.7. The molecular formula is C27H22N2O7. The highest BCUT2D eigenvalue weighted by molar-refractivity contribution is 6.26. The van der Waals surface area contributed by atoms with Crippen LogP contribution in [0.5, 0.6) is 5.75 Å². The first-order valence-corrected chi connectivity index (χ1v) is 10.9. The fraction of sp³-hybridized carbons (Fsp3) is 0.148. The molecule has 1 unspecified atom stereocenters. The quantitative estimate of drug-likeness (QED) is 0.546. The van der Waals surface area contributed by atoms with Crippen molar-refractivity contribution in [2.75, 3.05) is 5.01 Å². The lowest BCUT2D eigenvalue weighted by Crippen LogP contribution is -2.29. The Balaban J connectivity index is 2.01. The number of benzene rings is 2. The number of carbonyl (C=O) groups is 4. The minimum atomic E-state index is -1.42. The van der Waals surface area contributed by atoms with Crippen LogP contribution in [0.2, 0.25) is 0 Å². The Hall–Kier alpha value is -4.79. The van der Waals surface area contributed by atoms with Gasteiger partial charge in [-0.25, -0.2) is 9.59 Å². The molecule has 2 aliphatic rings. The zero-order chi connectivity index (χ0) is 26.3. The predicted molar refractivity (Wildman–Crippen MR) is 132 cm³/mol. The molecule has 2 aromatic carbocycles. The number of hydrogen-bond acceptors (Lipinski definition) is 6. The summed E-state index contributed by atoms with van der Waals surface area (Å²) in [6.07, 6.45) is 2.65. The standard InChI is InChI=1S/C27H22N2O7/c1-13-9-16(11-19(23(13)30)26(33)34)22(17-10-14(2)24(31)20(12-17)27(35)36)21-15(3)28-29(25(21)32)18-7-5-4-6-8-18/h4-12,21,30H,1-3H3,(H,33,34)(H,35,36)/b22-17-. The molecule has 0 radical (unpaired) electrons. The molecule has 0 saturated carbocycles. The van der Waals surface area contributed by atoms with Gasteiger partial charge in [-0.05, 0) is 85.0 Å². The number of ketones is 1. The second-order valence-electron chi connectivity index (χ2n) is 8.54. The van der Waals surface area contributed by atoms with Crippen LogP contribution in [-0.2, 0) is 14.4 Å². The summed E-state index contributed by atoms with van der Waals surface area (Å²) in [4.78, 5) is 49.8. The molecule has 4 rings (SSSR count). The summed E-state index contributed by atoms with van der Waals surface area (Å²) in [7, 11) is 0. The number of carboxylic acids is 2. The van der Waals surface area contributed by atoms with Gasteiger partial charge in [0.15, 0.2) is 5.78 Å². The summed E-state index contributed by atoms with van der Waals surface area (Å²) in [5, 5.41) is 35.2. The van der Waals surface area contributed by atoms with Gasteiger partial charge in [-0.3, -0.25) is 9.59 Å². The molecular weight excluding hydrogens is 464 g/mol. The van der Waals surface area contributed by atoms with E-state index in [0.29, 0.717) is 11.4 Å². The average molecular weight is 486 g/mol. The molecule has 1 aliphatic carbocycles. The van der Waals surface area contributed by atoms with E-state index >= 15 is 0 Å². The second-order valence-corrected chi connectivity index (χ2v) is 8.54. The Morgan fingerprint density at radius 1 is 0.944 bits per heavy atom. The van der Waals surface area contributed by atoms with Crippen LogP contribution in [0, 0.1) is 12.8 Å². The number of Topliss-reactive ketones (excluding diaryl/α,β-unsaturated/α-hetero) is 1. The zero-order valence-corrected chi connectivity index (χ0v) is 19.6. The van der Waals surface area contributed by atoms with E-state index in [-0.39, 0.29) is 33.4 Å². The highest BCUT2D eigenvalue weighted by Crippen LogP contribution is 2.40. The molecule has 0 saturated heterocycles. The fourth-order valence-corrected chi connectivity index (χ4v) is 4.34. The molecule has 1 amide bonds. The van der Waals surface area contributed by atoms with Crippen LogP contribution in [0.4, 0.5) is 5.69 Å². The summed E-state index contributed by atoms with van der Waals surface area (Å²) < 4.78 is 0. The van der Waals surface area contributed by atoms with E-state index in [1.165, 1.54) is 43.1 Å². The third kappa shape index (κ3) is 4.11. The highest BCUT2D eigenvalue weighted by atomic mass is 16.4. The Morgan fingerprint density at radius 2 is 1.61 bits per heavy atom. The Morgan fingerprint density at radius 3 is 2.22 bits per heavy atom. The largest absolute Gasteiger partial charge is 0.507 e. The van der Waals surface area contributed by atoms with Gasteiger partial charge >= 0.3 is 11.9 Å². The summed E-state index contributed by atoms with van der Waals surface area (Å²) in [6.45, 7) is 4.63. The number of para-hydroxylation sites is 1. The average Bonchev–Trinajstić information content (AvgIpc) is 3.12. The van der Waals surface area contributed by atoms with E-state index in [1.54, 1.807) is 37.3 Å². The molecule has 1 atom stereocenters. The van der Waals surface area contributed by atoms with Crippen molar-refractivity contribution in [2.24, 2.45) is 11.0 Å². The molecule has 0 bridgehead atoms. The van der Waals surface area contributed by atoms with Crippen molar-refractivity contribution in [3.05, 3.63) is 88.0 Å². The van der Waals surface area contributed by atoms with Crippen LogP contribution < -0.4 is 5.01 Å². The smallest absolute Gasteiger partial charge is 0.339 e. The first-order chi connectivity index (χ1) is 17.0. The monoisotopic (exact) mass is 486 g/mol. The molecule has 3 N–H and O–H groups in total. The van der Waals surface area contributed by atoms with Crippen molar-refractivity contribution in [1.29, 1.82) is 0 Å². The van der Waals surface area contributed by atoms with Crippen molar-refractivity contribution in [3.63, 3.8) is 0 Å². The normalized spacial score (nSPS) is 19.0. The predicted octanol–water partition coefficient (Wildman–Crippen LogP) is 3.73. The van der Waals surface area contributed by atoms with Gasteiger partial charge < -0.3 is 15.3 Å². The third-order valence-corrected chi connectivity index (χ3v) is 6.08. The van der Waals surface area contributed by atoms with Crippen molar-refractivity contribution in [3.8, 4) is 5.75 Å². The molecule has 182 valence electrons. The van der Waals surface area contributed by atoms with Crippen molar-refractivity contribution in [2.45, 2.75) is 20.8 Å². The van der Waals surface area contributed by atoms with E-state index in [1.807, 2.05) is 0 Å². The topological polar surface area (TPSA) is 145 Å². The Kier molecular flexibility index (Phi) is 6.15. The SMILES string of the molecule is CC1=C/C(=C(\c2cc(C)c(O)c(C(=O)O)c2)C2C(=O)N(c3ccccc3)N=C2C)C=C(C(=O)O)C1=O. The number of carbonyl (C=O) groups excluding carboxylic acids is 2. The van der Waals surface area contributed by atoms with Crippen LogP contribution in [0.25, 0.3) is 5.57 Å². The van der Waals surface area contributed by atoms with Gasteiger partial charge in [0.2, 0.25) is 0 Å². The molecule has 0 spiro atoms. The number of phenols is 1. The van der Waals surface area contributed by atoms with Gasteiger partial charge in [-0.2, -0.15) is 10.1 Å². The maximum absolute atomic E-state index is 13.7. The van der Waals surface area contributed by atoms with Crippen LogP contribution in [-0.4, -0.2) is 44.7 Å². The summed E-state index contributed by atoms with van der Waals surface area (Å²) in [5.41, 5.74) is 1.27. The molecule has 2 aromatic rings. The Bertz CT molecular complexity index is 1460. The fourth-order valence-electron chi connectivity index (χ4n) is 4.34.